The van der Waals surface area contributed by atoms with Gasteiger partial charge in [0.05, 0.1) is 11.4 Å². The molecule has 1 fully saturated rings. The molecule has 0 bridgehead atoms. The van der Waals surface area contributed by atoms with Crippen LogP contribution in [0.5, 0.6) is 0 Å². The van der Waals surface area contributed by atoms with E-state index in [4.69, 9.17) is 23.2 Å². The number of allylic oxidation sites excluding steroid dienone is 2. The molecule has 2 rings (SSSR count). The second-order valence-electron chi connectivity index (χ2n) is 4.67. The molecule has 16 heavy (non-hydrogen) atoms. The molecule has 0 amide bonds. The van der Waals surface area contributed by atoms with Crippen LogP contribution in [0.3, 0.4) is 0 Å². The quantitative estimate of drug-likeness (QED) is 0.668. The van der Waals surface area contributed by atoms with Gasteiger partial charge in [0.25, 0.3) is 0 Å². The lowest BCUT2D eigenvalue weighted by Crippen LogP contribution is -2.52. The zero-order valence-electron chi connectivity index (χ0n) is 9.79. The molecule has 2 atom stereocenters. The lowest BCUT2D eigenvalue weighted by Gasteiger charge is -2.40. The number of hydrogen-bond acceptors (Lipinski definition) is 2. The second-order valence-corrected chi connectivity index (χ2v) is 5.61. The Hall–Kier alpha value is -0.0200. The Labute approximate surface area is 107 Å². The Morgan fingerprint density at radius 1 is 1.25 bits per heavy atom. The van der Waals surface area contributed by atoms with E-state index in [1.54, 1.807) is 0 Å². The zero-order valence-corrected chi connectivity index (χ0v) is 11.3. The molecule has 0 saturated carbocycles. The fraction of sp³-hybridized carbons (Fsp3) is 0.667. The summed E-state index contributed by atoms with van der Waals surface area (Å²) in [6, 6.07) is 0.167. The van der Waals surface area contributed by atoms with Crippen molar-refractivity contribution in [1.29, 1.82) is 0 Å². The molecule has 0 aromatic rings. The van der Waals surface area contributed by atoms with Crippen molar-refractivity contribution < 1.29 is 0 Å². The fourth-order valence-electron chi connectivity index (χ4n) is 2.32. The van der Waals surface area contributed by atoms with Crippen LogP contribution in [-0.2, 0) is 0 Å². The van der Waals surface area contributed by atoms with E-state index in [1.165, 1.54) is 0 Å². The van der Waals surface area contributed by atoms with Crippen molar-refractivity contribution in [2.45, 2.75) is 18.3 Å². The summed E-state index contributed by atoms with van der Waals surface area (Å²) >= 11 is 12.7. The van der Waals surface area contributed by atoms with Gasteiger partial charge < -0.3 is 4.90 Å². The zero-order chi connectivity index (χ0) is 11.7. The molecule has 0 aromatic heterocycles. The van der Waals surface area contributed by atoms with Crippen molar-refractivity contribution >= 4 is 23.2 Å². The predicted molar refractivity (Wildman–Crippen MR) is 70.2 cm³/mol. The van der Waals surface area contributed by atoms with Crippen molar-refractivity contribution in [1.82, 2.24) is 9.80 Å². The van der Waals surface area contributed by atoms with E-state index in [-0.39, 0.29) is 11.4 Å². The van der Waals surface area contributed by atoms with Crippen LogP contribution in [0.2, 0.25) is 0 Å². The minimum absolute atomic E-state index is 0.000839. The van der Waals surface area contributed by atoms with Crippen LogP contribution >= 0.6 is 23.2 Å². The molecular formula is C12H18Cl2N2. The van der Waals surface area contributed by atoms with Crippen molar-refractivity contribution in [2.24, 2.45) is 0 Å². The summed E-state index contributed by atoms with van der Waals surface area (Å²) in [5.74, 6) is 0. The van der Waals surface area contributed by atoms with Crippen LogP contribution in [0.25, 0.3) is 0 Å². The lowest BCUT2D eigenvalue weighted by molar-refractivity contribution is 0.129. The monoisotopic (exact) mass is 260 g/mol. The van der Waals surface area contributed by atoms with Crippen LogP contribution in [0.15, 0.2) is 22.8 Å². The highest BCUT2D eigenvalue weighted by Gasteiger charge is 2.31. The summed E-state index contributed by atoms with van der Waals surface area (Å²) in [5.41, 5.74) is 1.16. The first-order valence-electron chi connectivity index (χ1n) is 5.70. The van der Waals surface area contributed by atoms with Gasteiger partial charge in [0.2, 0.25) is 0 Å². The molecule has 1 aliphatic heterocycles. The maximum Gasteiger partial charge on any atom is 0.0727 e. The van der Waals surface area contributed by atoms with Gasteiger partial charge in [-0.3, -0.25) is 4.90 Å². The number of nitrogens with zero attached hydrogens (tertiary/aromatic N) is 2. The van der Waals surface area contributed by atoms with Gasteiger partial charge >= 0.3 is 0 Å². The summed E-state index contributed by atoms with van der Waals surface area (Å²) in [4.78, 5) is 4.72. The van der Waals surface area contributed by atoms with E-state index in [0.717, 1.165) is 36.8 Å². The average Bonchev–Trinajstić information content (AvgIpc) is 2.19. The SMILES string of the molecule is CC1=C[C@H](Cl)C(N2CCN(C)CC2)C(Cl)=C1. The molecule has 1 heterocycles. The Bertz CT molecular complexity index is 317. The van der Waals surface area contributed by atoms with E-state index in [0.29, 0.717) is 0 Å². The summed E-state index contributed by atoms with van der Waals surface area (Å²) in [5, 5.41) is 0.880. The van der Waals surface area contributed by atoms with Crippen molar-refractivity contribution in [3.8, 4) is 0 Å². The summed E-state index contributed by atoms with van der Waals surface area (Å²) in [7, 11) is 2.15. The van der Waals surface area contributed by atoms with E-state index in [1.807, 2.05) is 13.0 Å². The van der Waals surface area contributed by atoms with Gasteiger partial charge in [0.15, 0.2) is 0 Å². The molecular weight excluding hydrogens is 243 g/mol. The van der Waals surface area contributed by atoms with Crippen molar-refractivity contribution in [3.05, 3.63) is 22.8 Å². The van der Waals surface area contributed by atoms with Crippen LogP contribution in [0.4, 0.5) is 0 Å². The lowest BCUT2D eigenvalue weighted by atomic mass is 10.0. The molecule has 1 saturated heterocycles. The molecule has 1 unspecified atom stereocenters. The highest BCUT2D eigenvalue weighted by Crippen LogP contribution is 2.29. The Kier molecular flexibility index (Phi) is 3.96. The normalized spacial score (nSPS) is 33.5. The summed E-state index contributed by atoms with van der Waals surface area (Å²) in [6.07, 6.45) is 4.12. The molecule has 2 aliphatic rings. The molecule has 0 aromatic carbocycles. The number of hydrogen-bond donors (Lipinski definition) is 0. The maximum absolute atomic E-state index is 6.39. The van der Waals surface area contributed by atoms with E-state index in [2.05, 4.69) is 22.9 Å². The van der Waals surface area contributed by atoms with Gasteiger partial charge in [0, 0.05) is 31.2 Å². The van der Waals surface area contributed by atoms with Crippen molar-refractivity contribution in [2.75, 3.05) is 33.2 Å². The number of likely N-dealkylation sites (N-methyl/N-ethyl adjacent to an activating group) is 1. The van der Waals surface area contributed by atoms with E-state index < -0.39 is 0 Å². The van der Waals surface area contributed by atoms with Gasteiger partial charge in [-0.15, -0.1) is 11.6 Å². The minimum atomic E-state index is 0.000839. The molecule has 4 heteroatoms. The predicted octanol–water partition coefficient (Wildman–Crippen LogP) is 2.29. The van der Waals surface area contributed by atoms with E-state index >= 15 is 0 Å². The third-order valence-electron chi connectivity index (χ3n) is 3.30. The standard InChI is InChI=1S/C12H18Cl2N2/c1-9-7-10(13)12(11(14)8-9)16-5-3-15(2)4-6-16/h7-8,10,12H,3-6H2,1-2H3/t10-,12?/m0/s1. The molecule has 2 nitrogen and oxygen atoms in total. The first-order valence-corrected chi connectivity index (χ1v) is 6.51. The van der Waals surface area contributed by atoms with Gasteiger partial charge in [0.1, 0.15) is 0 Å². The van der Waals surface area contributed by atoms with Gasteiger partial charge in [-0.1, -0.05) is 23.3 Å². The average molecular weight is 261 g/mol. The van der Waals surface area contributed by atoms with Gasteiger partial charge in [-0.05, 0) is 20.0 Å². The van der Waals surface area contributed by atoms with Gasteiger partial charge in [-0.2, -0.15) is 0 Å². The Balaban J connectivity index is 2.07. The van der Waals surface area contributed by atoms with Crippen LogP contribution < -0.4 is 0 Å². The smallest absolute Gasteiger partial charge is 0.0727 e. The number of rotatable bonds is 1. The Morgan fingerprint density at radius 2 is 1.88 bits per heavy atom. The summed E-state index contributed by atoms with van der Waals surface area (Å²) in [6.45, 7) is 6.31. The second kappa shape index (κ2) is 5.09. The fourth-order valence-corrected chi connectivity index (χ4v) is 3.33. The molecule has 0 spiro atoms. The number of alkyl halides is 1. The maximum atomic E-state index is 6.39. The van der Waals surface area contributed by atoms with Crippen molar-refractivity contribution in [3.63, 3.8) is 0 Å². The van der Waals surface area contributed by atoms with E-state index in [9.17, 15) is 0 Å². The summed E-state index contributed by atoms with van der Waals surface area (Å²) < 4.78 is 0. The highest BCUT2D eigenvalue weighted by atomic mass is 35.5. The third kappa shape index (κ3) is 2.62. The topological polar surface area (TPSA) is 6.48 Å². The molecule has 0 N–H and O–H groups in total. The first-order chi connectivity index (χ1) is 7.58. The van der Waals surface area contributed by atoms with Crippen LogP contribution in [0, 0.1) is 0 Å². The number of halogens is 2. The van der Waals surface area contributed by atoms with Gasteiger partial charge in [-0.25, -0.2) is 0 Å². The molecule has 1 aliphatic carbocycles. The minimum Gasteiger partial charge on any atom is -0.304 e. The highest BCUT2D eigenvalue weighted by molar-refractivity contribution is 6.32. The largest absolute Gasteiger partial charge is 0.304 e. The van der Waals surface area contributed by atoms with Crippen LogP contribution in [-0.4, -0.2) is 54.4 Å². The first kappa shape index (κ1) is 12.4. The Morgan fingerprint density at radius 3 is 2.44 bits per heavy atom. The molecule has 0 radical (unpaired) electrons. The van der Waals surface area contributed by atoms with Crippen LogP contribution in [0.1, 0.15) is 6.92 Å². The number of piperazine rings is 1. The molecule has 90 valence electrons. The third-order valence-corrected chi connectivity index (χ3v) is 4.00.